The molecular weight excluding hydrogens is 260 g/mol. The number of hydrogen-bond donors (Lipinski definition) is 3. The molecule has 20 heavy (non-hydrogen) atoms. The Hall–Kier alpha value is -2.50. The molecule has 0 aliphatic rings. The van der Waals surface area contributed by atoms with Gasteiger partial charge in [-0.2, -0.15) is 0 Å². The highest BCUT2D eigenvalue weighted by Gasteiger charge is 2.07. The molecule has 3 N–H and O–H groups in total. The van der Waals surface area contributed by atoms with E-state index in [0.717, 1.165) is 0 Å². The molecule has 108 valence electrons. The average molecular weight is 278 g/mol. The first-order valence-corrected chi connectivity index (χ1v) is 6.14. The smallest absolute Gasteiger partial charge is 0.341 e. The molecule has 0 saturated heterocycles. The van der Waals surface area contributed by atoms with Crippen molar-refractivity contribution in [1.29, 1.82) is 0 Å². The van der Waals surface area contributed by atoms with E-state index in [1.807, 2.05) is 6.92 Å². The normalized spacial score (nSPS) is 11.2. The van der Waals surface area contributed by atoms with Crippen molar-refractivity contribution in [3.63, 3.8) is 0 Å². The molecule has 1 unspecified atom stereocenters. The van der Waals surface area contributed by atoms with Crippen molar-refractivity contribution in [3.8, 4) is 5.75 Å². The van der Waals surface area contributed by atoms with Crippen LogP contribution in [0.3, 0.4) is 0 Å². The van der Waals surface area contributed by atoms with Gasteiger partial charge in [0.25, 0.3) is 0 Å². The van der Waals surface area contributed by atoms with Crippen LogP contribution in [0.25, 0.3) is 0 Å². The molecule has 1 atom stereocenters. The lowest BCUT2D eigenvalue weighted by Crippen LogP contribution is -2.35. The van der Waals surface area contributed by atoms with Crippen LogP contribution in [-0.4, -0.2) is 29.8 Å². The maximum absolute atomic E-state index is 11.7. The second-order valence-corrected chi connectivity index (χ2v) is 4.23. The van der Waals surface area contributed by atoms with Crippen molar-refractivity contribution in [2.75, 3.05) is 11.9 Å². The van der Waals surface area contributed by atoms with E-state index in [0.29, 0.717) is 17.9 Å². The molecule has 1 aromatic carbocycles. The number of aliphatic carboxylic acids is 1. The number of urea groups is 1. The fourth-order valence-corrected chi connectivity index (χ4v) is 1.51. The molecule has 0 heterocycles. The summed E-state index contributed by atoms with van der Waals surface area (Å²) >= 11 is 0. The number of carbonyl (C=O) groups is 2. The van der Waals surface area contributed by atoms with Crippen LogP contribution >= 0.6 is 0 Å². The number of nitrogens with one attached hydrogen (secondary N) is 2. The van der Waals surface area contributed by atoms with Crippen molar-refractivity contribution < 1.29 is 19.4 Å². The SMILES string of the molecule is C=CCC(C)NC(=O)Nc1cccc(OCC(=O)O)c1. The summed E-state index contributed by atoms with van der Waals surface area (Å²) < 4.78 is 5.02. The van der Waals surface area contributed by atoms with Crippen molar-refractivity contribution in [3.05, 3.63) is 36.9 Å². The van der Waals surface area contributed by atoms with Crippen LogP contribution in [0.2, 0.25) is 0 Å². The molecule has 0 aliphatic heterocycles. The van der Waals surface area contributed by atoms with Gasteiger partial charge in [-0.25, -0.2) is 9.59 Å². The van der Waals surface area contributed by atoms with Gasteiger partial charge in [-0.1, -0.05) is 12.1 Å². The molecule has 0 aromatic heterocycles. The van der Waals surface area contributed by atoms with Crippen molar-refractivity contribution >= 4 is 17.7 Å². The number of benzene rings is 1. The molecule has 0 spiro atoms. The Bertz CT molecular complexity index is 488. The summed E-state index contributed by atoms with van der Waals surface area (Å²) in [6.07, 6.45) is 2.40. The van der Waals surface area contributed by atoms with E-state index in [1.165, 1.54) is 0 Å². The lowest BCUT2D eigenvalue weighted by Gasteiger charge is -2.13. The zero-order chi connectivity index (χ0) is 15.0. The van der Waals surface area contributed by atoms with E-state index in [4.69, 9.17) is 9.84 Å². The van der Waals surface area contributed by atoms with Crippen molar-refractivity contribution in [2.45, 2.75) is 19.4 Å². The van der Waals surface area contributed by atoms with Crippen LogP contribution in [0, 0.1) is 0 Å². The van der Waals surface area contributed by atoms with Gasteiger partial charge in [-0.05, 0) is 25.5 Å². The fraction of sp³-hybridized carbons (Fsp3) is 0.286. The van der Waals surface area contributed by atoms with Gasteiger partial charge in [0.15, 0.2) is 6.61 Å². The zero-order valence-electron chi connectivity index (χ0n) is 11.3. The summed E-state index contributed by atoms with van der Waals surface area (Å²) in [7, 11) is 0. The van der Waals surface area contributed by atoms with Crippen LogP contribution < -0.4 is 15.4 Å². The standard InChI is InChI=1S/C14H18N2O4/c1-3-5-10(2)15-14(19)16-11-6-4-7-12(8-11)20-9-13(17)18/h3-4,6-8,10H,1,5,9H2,2H3,(H,17,18)(H2,15,16,19). The summed E-state index contributed by atoms with van der Waals surface area (Å²) in [6, 6.07) is 6.17. The minimum Gasteiger partial charge on any atom is -0.482 e. The van der Waals surface area contributed by atoms with Gasteiger partial charge in [0.2, 0.25) is 0 Å². The van der Waals surface area contributed by atoms with Gasteiger partial charge in [0, 0.05) is 17.8 Å². The van der Waals surface area contributed by atoms with Gasteiger partial charge in [-0.3, -0.25) is 0 Å². The number of carbonyl (C=O) groups excluding carboxylic acids is 1. The molecule has 6 heteroatoms. The number of amides is 2. The fourth-order valence-electron chi connectivity index (χ4n) is 1.51. The van der Waals surface area contributed by atoms with E-state index in [1.54, 1.807) is 30.3 Å². The molecule has 0 bridgehead atoms. The Balaban J connectivity index is 2.54. The predicted molar refractivity (Wildman–Crippen MR) is 76.0 cm³/mol. The van der Waals surface area contributed by atoms with Crippen LogP contribution in [-0.2, 0) is 4.79 Å². The third-order valence-corrected chi connectivity index (χ3v) is 2.35. The van der Waals surface area contributed by atoms with Gasteiger partial charge in [0.05, 0.1) is 0 Å². The maximum Gasteiger partial charge on any atom is 0.341 e. The largest absolute Gasteiger partial charge is 0.482 e. The Kier molecular flexibility index (Phi) is 6.09. The van der Waals surface area contributed by atoms with Gasteiger partial charge >= 0.3 is 12.0 Å². The van der Waals surface area contributed by atoms with Crippen molar-refractivity contribution in [1.82, 2.24) is 5.32 Å². The zero-order valence-corrected chi connectivity index (χ0v) is 11.3. The highest BCUT2D eigenvalue weighted by Crippen LogP contribution is 2.17. The molecule has 1 rings (SSSR count). The maximum atomic E-state index is 11.7. The molecule has 0 saturated carbocycles. The third kappa shape index (κ3) is 5.90. The molecular formula is C14H18N2O4. The first-order valence-electron chi connectivity index (χ1n) is 6.14. The van der Waals surface area contributed by atoms with Crippen LogP contribution in [0.5, 0.6) is 5.75 Å². The highest BCUT2D eigenvalue weighted by molar-refractivity contribution is 5.89. The van der Waals surface area contributed by atoms with Crippen LogP contribution in [0.1, 0.15) is 13.3 Å². The number of hydrogen-bond acceptors (Lipinski definition) is 3. The second kappa shape index (κ2) is 7.83. The Labute approximate surface area is 117 Å². The lowest BCUT2D eigenvalue weighted by atomic mass is 10.2. The summed E-state index contributed by atoms with van der Waals surface area (Å²) in [5.74, 6) is -0.677. The number of anilines is 1. The summed E-state index contributed by atoms with van der Waals surface area (Å²) in [5, 5.41) is 13.9. The predicted octanol–water partition coefficient (Wildman–Crippen LogP) is 2.24. The number of carboxylic acids is 1. The summed E-state index contributed by atoms with van der Waals surface area (Å²) in [6.45, 7) is 5.05. The molecule has 0 aliphatic carbocycles. The molecule has 6 nitrogen and oxygen atoms in total. The number of ether oxygens (including phenoxy) is 1. The Morgan fingerprint density at radius 3 is 2.90 bits per heavy atom. The number of rotatable bonds is 7. The quantitative estimate of drug-likeness (QED) is 0.667. The third-order valence-electron chi connectivity index (χ3n) is 2.35. The minimum absolute atomic E-state index is 0.0149. The van der Waals surface area contributed by atoms with Crippen LogP contribution in [0.15, 0.2) is 36.9 Å². The van der Waals surface area contributed by atoms with Gasteiger partial charge < -0.3 is 20.5 Å². The highest BCUT2D eigenvalue weighted by atomic mass is 16.5. The first-order chi connectivity index (χ1) is 9.51. The van der Waals surface area contributed by atoms with Crippen molar-refractivity contribution in [2.24, 2.45) is 0 Å². The molecule has 0 fully saturated rings. The van der Waals surface area contributed by atoms with Gasteiger partial charge in [-0.15, -0.1) is 6.58 Å². The van der Waals surface area contributed by atoms with Gasteiger partial charge in [0.1, 0.15) is 5.75 Å². The molecule has 0 radical (unpaired) electrons. The average Bonchev–Trinajstić information content (AvgIpc) is 2.36. The van der Waals surface area contributed by atoms with E-state index in [2.05, 4.69) is 17.2 Å². The van der Waals surface area contributed by atoms with E-state index < -0.39 is 12.6 Å². The second-order valence-electron chi connectivity index (χ2n) is 4.23. The monoisotopic (exact) mass is 278 g/mol. The summed E-state index contributed by atoms with van der Waals surface area (Å²) in [5.41, 5.74) is 0.524. The molecule has 1 aromatic rings. The Morgan fingerprint density at radius 1 is 1.50 bits per heavy atom. The van der Waals surface area contributed by atoms with Crippen LogP contribution in [0.4, 0.5) is 10.5 Å². The summed E-state index contributed by atoms with van der Waals surface area (Å²) in [4.78, 5) is 22.1. The topological polar surface area (TPSA) is 87.7 Å². The van der Waals surface area contributed by atoms with E-state index in [-0.39, 0.29) is 12.1 Å². The van der Waals surface area contributed by atoms with E-state index in [9.17, 15) is 9.59 Å². The lowest BCUT2D eigenvalue weighted by molar-refractivity contribution is -0.139. The Morgan fingerprint density at radius 2 is 2.25 bits per heavy atom. The minimum atomic E-state index is -1.06. The molecule has 2 amide bonds. The number of carboxylic acid groups (broad SMARTS) is 1. The van der Waals surface area contributed by atoms with E-state index >= 15 is 0 Å². The first kappa shape index (κ1) is 15.6.